The second-order valence-electron chi connectivity index (χ2n) is 3.26. The summed E-state index contributed by atoms with van der Waals surface area (Å²) in [6.07, 6.45) is 3.32. The second-order valence-corrected chi connectivity index (χ2v) is 3.26. The molecule has 0 saturated carbocycles. The molecule has 2 rings (SSSR count). The number of hydrazone groups is 1. The van der Waals surface area contributed by atoms with Crippen molar-refractivity contribution in [2.45, 2.75) is 0 Å². The highest BCUT2D eigenvalue weighted by atomic mass is 15.3. The van der Waals surface area contributed by atoms with Gasteiger partial charge in [0, 0.05) is 0 Å². The van der Waals surface area contributed by atoms with Crippen LogP contribution in [0.1, 0.15) is 5.56 Å². The Labute approximate surface area is 93.8 Å². The third-order valence-corrected chi connectivity index (χ3v) is 1.98. The molecule has 3 N–H and O–H groups in total. The van der Waals surface area contributed by atoms with Gasteiger partial charge in [0.1, 0.15) is 5.82 Å². The Hall–Kier alpha value is -2.36. The maximum Gasteiger partial charge on any atom is 0.146 e. The summed E-state index contributed by atoms with van der Waals surface area (Å²) in [5, 5.41) is 4.06. The first kappa shape index (κ1) is 10.2. The van der Waals surface area contributed by atoms with Gasteiger partial charge in [0.2, 0.25) is 0 Å². The van der Waals surface area contributed by atoms with Crippen LogP contribution in [0, 0.1) is 0 Å². The predicted molar refractivity (Wildman–Crippen MR) is 66.3 cm³/mol. The van der Waals surface area contributed by atoms with Crippen LogP contribution in [0.3, 0.4) is 0 Å². The number of pyridine rings is 1. The maximum absolute atomic E-state index is 5.52. The minimum Gasteiger partial charge on any atom is -0.397 e. The Bertz CT molecular complexity index is 462. The van der Waals surface area contributed by atoms with Crippen LogP contribution in [0.5, 0.6) is 0 Å². The van der Waals surface area contributed by atoms with E-state index in [0.717, 1.165) is 5.56 Å². The van der Waals surface area contributed by atoms with Gasteiger partial charge in [-0.1, -0.05) is 30.3 Å². The van der Waals surface area contributed by atoms with E-state index in [0.29, 0.717) is 11.5 Å². The smallest absolute Gasteiger partial charge is 0.146 e. The topological polar surface area (TPSA) is 63.3 Å². The fourth-order valence-electron chi connectivity index (χ4n) is 1.18. The number of anilines is 2. The third kappa shape index (κ3) is 2.81. The minimum absolute atomic E-state index is 0.637. The Kier molecular flexibility index (Phi) is 3.13. The first-order chi connectivity index (χ1) is 7.84. The summed E-state index contributed by atoms with van der Waals surface area (Å²) in [4.78, 5) is 4.06. The molecule has 1 aromatic heterocycles. The van der Waals surface area contributed by atoms with Crippen LogP contribution < -0.4 is 11.2 Å². The molecule has 1 heterocycles. The van der Waals surface area contributed by atoms with Gasteiger partial charge in [-0.15, -0.1) is 0 Å². The van der Waals surface area contributed by atoms with E-state index in [-0.39, 0.29) is 0 Å². The highest BCUT2D eigenvalue weighted by molar-refractivity contribution is 5.79. The van der Waals surface area contributed by atoms with Crippen LogP contribution in [0.2, 0.25) is 0 Å². The molecule has 1 aromatic carbocycles. The van der Waals surface area contributed by atoms with Crippen molar-refractivity contribution in [1.82, 2.24) is 4.98 Å². The molecule has 0 radical (unpaired) electrons. The molecule has 0 aliphatic rings. The number of nitrogens with zero attached hydrogens (tertiary/aromatic N) is 2. The standard InChI is InChI=1S/C12H12N4/c13-11-6-7-12(14-9-11)16-15-8-10-4-2-1-3-5-10/h1-9H,13H2,(H,14,16). The fraction of sp³-hybridized carbons (Fsp3) is 0. The normalized spacial score (nSPS) is 10.5. The van der Waals surface area contributed by atoms with Crippen molar-refractivity contribution < 1.29 is 0 Å². The number of nitrogens with one attached hydrogen (secondary N) is 1. The maximum atomic E-state index is 5.52. The molecule has 0 unspecified atom stereocenters. The number of hydrogen-bond donors (Lipinski definition) is 2. The molecule has 4 nitrogen and oxygen atoms in total. The number of rotatable bonds is 3. The average molecular weight is 212 g/mol. The summed E-state index contributed by atoms with van der Waals surface area (Å²) in [6.45, 7) is 0. The molecule has 0 spiro atoms. The Balaban J connectivity index is 1.97. The predicted octanol–water partition coefficient (Wildman–Crippen LogP) is 2.11. The summed E-state index contributed by atoms with van der Waals surface area (Å²) >= 11 is 0. The van der Waals surface area contributed by atoms with Gasteiger partial charge in [-0.25, -0.2) is 4.98 Å². The number of nitrogens with two attached hydrogens (primary N) is 1. The number of benzene rings is 1. The van der Waals surface area contributed by atoms with E-state index in [2.05, 4.69) is 15.5 Å². The van der Waals surface area contributed by atoms with Crippen LogP contribution in [-0.4, -0.2) is 11.2 Å². The second kappa shape index (κ2) is 4.93. The number of hydrogen-bond acceptors (Lipinski definition) is 4. The zero-order valence-corrected chi connectivity index (χ0v) is 8.67. The Morgan fingerprint density at radius 1 is 1.12 bits per heavy atom. The van der Waals surface area contributed by atoms with Crippen LogP contribution in [-0.2, 0) is 0 Å². The van der Waals surface area contributed by atoms with E-state index in [1.165, 1.54) is 0 Å². The van der Waals surface area contributed by atoms with E-state index in [4.69, 9.17) is 5.73 Å². The molecule has 4 heteroatoms. The molecule has 0 saturated heterocycles. The summed E-state index contributed by atoms with van der Waals surface area (Å²) in [5.74, 6) is 0.668. The van der Waals surface area contributed by atoms with Crippen molar-refractivity contribution >= 4 is 17.7 Å². The highest BCUT2D eigenvalue weighted by Gasteiger charge is 1.89. The lowest BCUT2D eigenvalue weighted by Crippen LogP contribution is -1.94. The van der Waals surface area contributed by atoms with E-state index in [1.807, 2.05) is 30.3 Å². The number of aromatic nitrogens is 1. The first-order valence-electron chi connectivity index (χ1n) is 4.90. The average Bonchev–Trinajstić information content (AvgIpc) is 2.33. The largest absolute Gasteiger partial charge is 0.397 e. The molecule has 0 fully saturated rings. The van der Waals surface area contributed by atoms with Crippen LogP contribution in [0.4, 0.5) is 11.5 Å². The molecule has 0 aliphatic carbocycles. The molecule has 0 aliphatic heterocycles. The van der Waals surface area contributed by atoms with Crippen LogP contribution >= 0.6 is 0 Å². The van der Waals surface area contributed by atoms with Gasteiger partial charge in [-0.3, -0.25) is 5.43 Å². The molecule has 0 bridgehead atoms. The SMILES string of the molecule is Nc1ccc(NN=Cc2ccccc2)nc1. The van der Waals surface area contributed by atoms with Crippen molar-refractivity contribution in [2.75, 3.05) is 11.2 Å². The Morgan fingerprint density at radius 3 is 2.62 bits per heavy atom. The van der Waals surface area contributed by atoms with Gasteiger partial charge in [-0.2, -0.15) is 5.10 Å². The van der Waals surface area contributed by atoms with Gasteiger partial charge >= 0.3 is 0 Å². The van der Waals surface area contributed by atoms with E-state index in [9.17, 15) is 0 Å². The lowest BCUT2D eigenvalue weighted by atomic mass is 10.2. The molecule has 2 aromatic rings. The summed E-state index contributed by atoms with van der Waals surface area (Å²) in [5.41, 5.74) is 10.0. The Morgan fingerprint density at radius 2 is 1.94 bits per heavy atom. The minimum atomic E-state index is 0.637. The zero-order valence-electron chi connectivity index (χ0n) is 8.67. The van der Waals surface area contributed by atoms with Crippen molar-refractivity contribution in [3.05, 3.63) is 54.2 Å². The van der Waals surface area contributed by atoms with E-state index >= 15 is 0 Å². The highest BCUT2D eigenvalue weighted by Crippen LogP contribution is 2.05. The summed E-state index contributed by atoms with van der Waals surface area (Å²) in [7, 11) is 0. The van der Waals surface area contributed by atoms with Crippen molar-refractivity contribution in [1.29, 1.82) is 0 Å². The van der Waals surface area contributed by atoms with Gasteiger partial charge in [0.15, 0.2) is 0 Å². The monoisotopic (exact) mass is 212 g/mol. The lowest BCUT2D eigenvalue weighted by molar-refractivity contribution is 1.23. The quantitative estimate of drug-likeness (QED) is 0.605. The fourth-order valence-corrected chi connectivity index (χ4v) is 1.18. The molecule has 80 valence electrons. The molecule has 16 heavy (non-hydrogen) atoms. The third-order valence-electron chi connectivity index (χ3n) is 1.98. The first-order valence-corrected chi connectivity index (χ1v) is 4.90. The van der Waals surface area contributed by atoms with E-state index < -0.39 is 0 Å². The molecule has 0 amide bonds. The summed E-state index contributed by atoms with van der Waals surface area (Å²) < 4.78 is 0. The molecule has 0 atom stereocenters. The van der Waals surface area contributed by atoms with Gasteiger partial charge in [-0.05, 0) is 17.7 Å². The molecular formula is C12H12N4. The van der Waals surface area contributed by atoms with Crippen molar-refractivity contribution in [3.63, 3.8) is 0 Å². The number of nitrogen functional groups attached to an aromatic ring is 1. The van der Waals surface area contributed by atoms with Gasteiger partial charge in [0.05, 0.1) is 18.1 Å². The molecular weight excluding hydrogens is 200 g/mol. The van der Waals surface area contributed by atoms with Gasteiger partial charge in [0.25, 0.3) is 0 Å². The zero-order chi connectivity index (χ0) is 11.2. The van der Waals surface area contributed by atoms with Crippen LogP contribution in [0.15, 0.2) is 53.8 Å². The summed E-state index contributed by atoms with van der Waals surface area (Å²) in [6, 6.07) is 13.4. The van der Waals surface area contributed by atoms with Crippen molar-refractivity contribution in [3.8, 4) is 0 Å². The van der Waals surface area contributed by atoms with Crippen molar-refractivity contribution in [2.24, 2.45) is 5.10 Å². The van der Waals surface area contributed by atoms with Crippen LogP contribution in [0.25, 0.3) is 0 Å². The van der Waals surface area contributed by atoms with Gasteiger partial charge < -0.3 is 5.73 Å². The lowest BCUT2D eigenvalue weighted by Gasteiger charge is -1.98. The van der Waals surface area contributed by atoms with E-state index in [1.54, 1.807) is 24.5 Å².